The second-order valence-corrected chi connectivity index (χ2v) is 4.99. The van der Waals surface area contributed by atoms with Crippen LogP contribution in [0.2, 0.25) is 0 Å². The van der Waals surface area contributed by atoms with Gasteiger partial charge in [0.05, 0.1) is 0 Å². The molecule has 0 saturated carbocycles. The number of piperazine rings is 1. The Kier molecular flexibility index (Phi) is 5.34. The lowest BCUT2D eigenvalue weighted by Crippen LogP contribution is -2.53. The van der Waals surface area contributed by atoms with E-state index in [2.05, 4.69) is 44.0 Å². The fourth-order valence-electron chi connectivity index (χ4n) is 1.99. The minimum atomic E-state index is 0.689. The monoisotopic (exact) mass is 210 g/mol. The molecule has 1 aliphatic heterocycles. The summed E-state index contributed by atoms with van der Waals surface area (Å²) in [6.45, 7) is 13.6. The molecule has 0 aromatic heterocycles. The van der Waals surface area contributed by atoms with Gasteiger partial charge >= 0.3 is 0 Å². The van der Waals surface area contributed by atoms with Gasteiger partial charge in [-0.3, -0.25) is 4.90 Å². The van der Waals surface area contributed by atoms with Crippen LogP contribution in [0.3, 0.4) is 0 Å². The number of rotatable bonds is 4. The Hall–Kier alpha value is -0.340. The van der Waals surface area contributed by atoms with E-state index in [-0.39, 0.29) is 0 Å². The van der Waals surface area contributed by atoms with Gasteiger partial charge in [-0.25, -0.2) is 0 Å². The quantitative estimate of drug-likeness (QED) is 0.716. The summed E-state index contributed by atoms with van der Waals surface area (Å²) in [5.41, 5.74) is 1.42. The maximum atomic E-state index is 3.63. The van der Waals surface area contributed by atoms with Gasteiger partial charge in [-0.15, -0.1) is 0 Å². The Morgan fingerprint density at radius 1 is 1.53 bits per heavy atom. The smallest absolute Gasteiger partial charge is 0.0221 e. The predicted molar refractivity (Wildman–Crippen MR) is 67.1 cm³/mol. The van der Waals surface area contributed by atoms with Gasteiger partial charge in [0.25, 0.3) is 0 Å². The van der Waals surface area contributed by atoms with Crippen molar-refractivity contribution in [2.75, 3.05) is 26.2 Å². The van der Waals surface area contributed by atoms with Gasteiger partial charge in [0.1, 0.15) is 0 Å². The molecule has 0 radical (unpaired) electrons. The van der Waals surface area contributed by atoms with Crippen LogP contribution in [0.1, 0.15) is 34.1 Å². The normalized spacial score (nSPS) is 24.9. The zero-order chi connectivity index (χ0) is 11.3. The average Bonchev–Trinajstić information content (AvgIpc) is 2.25. The lowest BCUT2D eigenvalue weighted by Gasteiger charge is -2.36. The summed E-state index contributed by atoms with van der Waals surface area (Å²) in [5, 5.41) is 3.63. The summed E-state index contributed by atoms with van der Waals surface area (Å²) in [5.74, 6) is 0.791. The van der Waals surface area contributed by atoms with Crippen molar-refractivity contribution in [2.45, 2.75) is 40.2 Å². The largest absolute Gasteiger partial charge is 0.311 e. The molecule has 0 bridgehead atoms. The number of nitrogens with zero attached hydrogens (tertiary/aromatic N) is 1. The molecule has 2 atom stereocenters. The van der Waals surface area contributed by atoms with Crippen LogP contribution in [-0.4, -0.2) is 37.1 Å². The molecule has 1 rings (SSSR count). The van der Waals surface area contributed by atoms with Crippen molar-refractivity contribution in [1.29, 1.82) is 0 Å². The minimum absolute atomic E-state index is 0.689. The molecule has 2 unspecified atom stereocenters. The molecule has 0 aromatic rings. The topological polar surface area (TPSA) is 15.3 Å². The van der Waals surface area contributed by atoms with Crippen LogP contribution in [0.4, 0.5) is 0 Å². The molecule has 88 valence electrons. The van der Waals surface area contributed by atoms with Gasteiger partial charge in [-0.05, 0) is 19.8 Å². The molecule has 1 saturated heterocycles. The first kappa shape index (κ1) is 12.7. The first-order chi connectivity index (χ1) is 7.13. The summed E-state index contributed by atoms with van der Waals surface area (Å²) in [7, 11) is 0. The molecule has 2 nitrogen and oxygen atoms in total. The number of allylic oxidation sites excluding steroid dienone is 1. The van der Waals surface area contributed by atoms with Gasteiger partial charge in [-0.1, -0.05) is 31.9 Å². The third-order valence-electron chi connectivity index (χ3n) is 3.38. The maximum absolute atomic E-state index is 3.63. The van der Waals surface area contributed by atoms with Crippen molar-refractivity contribution < 1.29 is 0 Å². The Bertz CT molecular complexity index is 207. The molecule has 1 aliphatic rings. The van der Waals surface area contributed by atoms with Crippen LogP contribution >= 0.6 is 0 Å². The van der Waals surface area contributed by atoms with Gasteiger partial charge in [0.2, 0.25) is 0 Å². The van der Waals surface area contributed by atoms with Crippen molar-refractivity contribution in [1.82, 2.24) is 10.2 Å². The molecule has 2 heteroatoms. The summed E-state index contributed by atoms with van der Waals surface area (Å²) < 4.78 is 0. The molecule has 15 heavy (non-hydrogen) atoms. The van der Waals surface area contributed by atoms with Gasteiger partial charge in [-0.2, -0.15) is 0 Å². The Morgan fingerprint density at radius 3 is 2.87 bits per heavy atom. The first-order valence-corrected chi connectivity index (χ1v) is 6.22. The summed E-state index contributed by atoms with van der Waals surface area (Å²) in [6.07, 6.45) is 3.60. The fourth-order valence-corrected chi connectivity index (χ4v) is 1.99. The molecule has 1 N–H and O–H groups in total. The highest BCUT2D eigenvalue weighted by Crippen LogP contribution is 2.12. The third kappa shape index (κ3) is 4.35. The minimum Gasteiger partial charge on any atom is -0.311 e. The highest BCUT2D eigenvalue weighted by atomic mass is 15.2. The first-order valence-electron chi connectivity index (χ1n) is 6.22. The van der Waals surface area contributed by atoms with Gasteiger partial charge in [0, 0.05) is 32.2 Å². The van der Waals surface area contributed by atoms with E-state index in [9.17, 15) is 0 Å². The molecular weight excluding hydrogens is 184 g/mol. The van der Waals surface area contributed by atoms with E-state index in [1.165, 1.54) is 25.1 Å². The van der Waals surface area contributed by atoms with Crippen molar-refractivity contribution in [3.63, 3.8) is 0 Å². The standard InChI is InChI=1S/C13H26N2/c1-5-12(4)13-10-15(9-7-14-13)8-6-11(2)3/h6,12-14H,5,7-10H2,1-4H3. The van der Waals surface area contributed by atoms with E-state index < -0.39 is 0 Å². The van der Waals surface area contributed by atoms with Crippen LogP contribution in [-0.2, 0) is 0 Å². The molecule has 0 aliphatic carbocycles. The summed E-state index contributed by atoms with van der Waals surface area (Å²) in [6, 6.07) is 0.689. The highest BCUT2D eigenvalue weighted by molar-refractivity contribution is 4.96. The van der Waals surface area contributed by atoms with Crippen molar-refractivity contribution in [3.8, 4) is 0 Å². The Labute approximate surface area is 94.7 Å². The number of nitrogens with one attached hydrogen (secondary N) is 1. The van der Waals surface area contributed by atoms with E-state index in [1.54, 1.807) is 0 Å². The zero-order valence-corrected chi connectivity index (χ0v) is 10.7. The second kappa shape index (κ2) is 6.29. The lowest BCUT2D eigenvalue weighted by molar-refractivity contribution is 0.182. The maximum Gasteiger partial charge on any atom is 0.0221 e. The zero-order valence-electron chi connectivity index (χ0n) is 10.7. The van der Waals surface area contributed by atoms with Crippen LogP contribution in [0.5, 0.6) is 0 Å². The lowest BCUT2D eigenvalue weighted by atomic mass is 9.97. The van der Waals surface area contributed by atoms with E-state index in [1.807, 2.05) is 0 Å². The van der Waals surface area contributed by atoms with E-state index >= 15 is 0 Å². The Balaban J connectivity index is 2.38. The van der Waals surface area contributed by atoms with Crippen molar-refractivity contribution in [2.24, 2.45) is 5.92 Å². The molecule has 0 amide bonds. The van der Waals surface area contributed by atoms with Crippen LogP contribution in [0, 0.1) is 5.92 Å². The average molecular weight is 210 g/mol. The fraction of sp³-hybridized carbons (Fsp3) is 0.846. The second-order valence-electron chi connectivity index (χ2n) is 4.99. The van der Waals surface area contributed by atoms with Crippen molar-refractivity contribution in [3.05, 3.63) is 11.6 Å². The third-order valence-corrected chi connectivity index (χ3v) is 3.38. The molecule has 1 fully saturated rings. The van der Waals surface area contributed by atoms with Gasteiger partial charge in [0.15, 0.2) is 0 Å². The Morgan fingerprint density at radius 2 is 2.27 bits per heavy atom. The highest BCUT2D eigenvalue weighted by Gasteiger charge is 2.22. The molecule has 0 spiro atoms. The SMILES string of the molecule is CCC(C)C1CN(CC=C(C)C)CCN1. The molecular formula is C13H26N2. The van der Waals surface area contributed by atoms with Crippen molar-refractivity contribution >= 4 is 0 Å². The van der Waals surface area contributed by atoms with Crippen LogP contribution in [0.25, 0.3) is 0 Å². The summed E-state index contributed by atoms with van der Waals surface area (Å²) >= 11 is 0. The summed E-state index contributed by atoms with van der Waals surface area (Å²) in [4.78, 5) is 2.56. The van der Waals surface area contributed by atoms with Crippen LogP contribution in [0.15, 0.2) is 11.6 Å². The predicted octanol–water partition coefficient (Wildman–Crippen LogP) is 2.27. The molecule has 1 heterocycles. The molecule has 0 aromatic carbocycles. The number of hydrogen-bond acceptors (Lipinski definition) is 2. The van der Waals surface area contributed by atoms with Crippen LogP contribution < -0.4 is 5.32 Å². The number of hydrogen-bond donors (Lipinski definition) is 1. The van der Waals surface area contributed by atoms with E-state index in [0.29, 0.717) is 6.04 Å². The van der Waals surface area contributed by atoms with E-state index in [0.717, 1.165) is 19.0 Å². The van der Waals surface area contributed by atoms with E-state index in [4.69, 9.17) is 0 Å². The van der Waals surface area contributed by atoms with Gasteiger partial charge < -0.3 is 5.32 Å².